The van der Waals surface area contributed by atoms with Crippen LogP contribution in [-0.4, -0.2) is 60.2 Å². The van der Waals surface area contributed by atoms with Crippen molar-refractivity contribution in [3.63, 3.8) is 0 Å². The Morgan fingerprint density at radius 1 is 0.857 bits per heavy atom. The molecule has 0 heterocycles. The summed E-state index contributed by atoms with van der Waals surface area (Å²) in [4.78, 5) is 58.6. The van der Waals surface area contributed by atoms with E-state index in [0.717, 1.165) is 0 Å². The van der Waals surface area contributed by atoms with Gasteiger partial charge >= 0.3 is 83.2 Å². The van der Waals surface area contributed by atoms with Crippen LogP contribution in [-0.2, 0) is 28.5 Å². The summed E-state index contributed by atoms with van der Waals surface area (Å²) in [5, 5.41) is 36.3. The number of carboxylic acids is 4. The SMILES string of the molecule is O=C(O)C(=O)O.O=C(O)C(=O)O.O=P(O)(O)F.[K+].[N-]=C=O. The van der Waals surface area contributed by atoms with Crippen molar-refractivity contribution in [2.75, 3.05) is 0 Å². The predicted molar refractivity (Wildman–Crippen MR) is 52.7 cm³/mol. The molecule has 116 valence electrons. The van der Waals surface area contributed by atoms with E-state index in [0.29, 0.717) is 6.08 Å². The van der Waals surface area contributed by atoms with Gasteiger partial charge in [0.2, 0.25) is 0 Å². The quantitative estimate of drug-likeness (QED) is 0.0782. The van der Waals surface area contributed by atoms with E-state index in [9.17, 15) is 4.20 Å². The molecule has 13 nitrogen and oxygen atoms in total. The maximum absolute atomic E-state index is 10.4. The van der Waals surface area contributed by atoms with Crippen molar-refractivity contribution in [1.82, 2.24) is 0 Å². The van der Waals surface area contributed by atoms with E-state index >= 15 is 0 Å². The number of hydrogen-bond acceptors (Lipinski definition) is 6. The van der Waals surface area contributed by atoms with E-state index in [4.69, 9.17) is 64.2 Å². The largest absolute Gasteiger partial charge is 1.00 e. The van der Waals surface area contributed by atoms with Crippen LogP contribution in [0, 0.1) is 0 Å². The normalized spacial score (nSPS) is 7.38. The number of rotatable bonds is 0. The summed E-state index contributed by atoms with van der Waals surface area (Å²) in [6.07, 6.45) is 0.500. The Morgan fingerprint density at radius 2 is 0.905 bits per heavy atom. The Balaban J connectivity index is -0.0000000548. The van der Waals surface area contributed by atoms with Gasteiger partial charge in [-0.25, -0.2) is 23.7 Å². The smallest absolute Gasteiger partial charge is 0.724 e. The number of hydrogen-bond donors (Lipinski definition) is 6. The van der Waals surface area contributed by atoms with E-state index < -0.39 is 31.8 Å². The maximum Gasteiger partial charge on any atom is 1.00 e. The first-order chi connectivity index (χ1) is 8.70. The number of isocyanates is 1. The van der Waals surface area contributed by atoms with Crippen LogP contribution in [0.5, 0.6) is 0 Å². The van der Waals surface area contributed by atoms with Crippen LogP contribution in [0.15, 0.2) is 0 Å². The zero-order valence-corrected chi connectivity index (χ0v) is 13.9. The molecule has 0 aromatic rings. The number of carbonyl (C=O) groups is 4. The van der Waals surface area contributed by atoms with Crippen molar-refractivity contribution >= 4 is 37.9 Å². The van der Waals surface area contributed by atoms with E-state index in [1.165, 1.54) is 0 Å². The molecule has 0 aliphatic heterocycles. The van der Waals surface area contributed by atoms with Gasteiger partial charge in [0.1, 0.15) is 0 Å². The van der Waals surface area contributed by atoms with Crippen LogP contribution < -0.4 is 51.4 Å². The van der Waals surface area contributed by atoms with Crippen molar-refractivity contribution in [3.8, 4) is 0 Å². The molecular weight excluding hydrogens is 355 g/mol. The molecule has 0 radical (unpaired) electrons. The summed E-state index contributed by atoms with van der Waals surface area (Å²) in [6, 6.07) is 0. The Hall–Kier alpha value is -1.02. The number of carboxylic acid groups (broad SMARTS) is 4. The third-order valence-corrected chi connectivity index (χ3v) is 0.366. The third kappa shape index (κ3) is 112. The summed E-state index contributed by atoms with van der Waals surface area (Å²) in [5.74, 6) is -7.30. The molecule has 0 spiro atoms. The number of nitrogens with zero attached hydrogens (tertiary/aromatic N) is 1. The van der Waals surface area contributed by atoms with Gasteiger partial charge in [0, 0.05) is 0 Å². The second-order valence-corrected chi connectivity index (χ2v) is 2.73. The molecule has 0 atom stereocenters. The summed E-state index contributed by atoms with van der Waals surface area (Å²) in [7, 11) is -5.14. The first-order valence-electron chi connectivity index (χ1n) is 3.39. The molecule has 16 heteroatoms. The molecule has 21 heavy (non-hydrogen) atoms. The Bertz CT molecular complexity index is 369. The van der Waals surface area contributed by atoms with Gasteiger partial charge in [-0.15, -0.1) is 4.20 Å². The molecule has 0 aromatic heterocycles. The van der Waals surface area contributed by atoms with Crippen molar-refractivity contribution < 1.29 is 114 Å². The standard InChI is InChI=1S/2C2H2O4.CNO.FH2O3P.K/c2*3-1(4)2(5)6;2-1-3;1-5(2,3)4;/h2*(H,3,4)(H,5,6);;(H2,2,3,4);/q;;-1;;+1. The zero-order valence-electron chi connectivity index (χ0n) is 9.91. The number of aliphatic carboxylic acids is 4. The monoisotopic (exact) mass is 361 g/mol. The molecule has 0 saturated carbocycles. The number of halogens is 1. The van der Waals surface area contributed by atoms with Crippen LogP contribution in [0.25, 0.3) is 5.41 Å². The second kappa shape index (κ2) is 19.0. The van der Waals surface area contributed by atoms with E-state index in [-0.39, 0.29) is 51.4 Å². The molecular formula is C5H6FKNO12P. The maximum atomic E-state index is 10.4. The van der Waals surface area contributed by atoms with Crippen molar-refractivity contribution in [3.05, 3.63) is 5.41 Å². The van der Waals surface area contributed by atoms with E-state index in [2.05, 4.69) is 0 Å². The summed E-state index contributed by atoms with van der Waals surface area (Å²) in [5.41, 5.74) is 0. The fourth-order valence-corrected chi connectivity index (χ4v) is 0. The minimum atomic E-state index is -5.14. The molecule has 0 unspecified atom stereocenters. The molecule has 0 rings (SSSR count). The van der Waals surface area contributed by atoms with Crippen molar-refractivity contribution in [2.45, 2.75) is 0 Å². The number of carbonyl (C=O) groups excluding carboxylic acids is 1. The van der Waals surface area contributed by atoms with Crippen molar-refractivity contribution in [2.24, 2.45) is 0 Å². The Morgan fingerprint density at radius 3 is 0.905 bits per heavy atom. The van der Waals surface area contributed by atoms with Gasteiger partial charge in [0.05, 0.1) is 0 Å². The zero-order chi connectivity index (χ0) is 17.5. The molecule has 0 aliphatic rings. The predicted octanol–water partition coefficient (Wildman–Crippen LogP) is -4.74. The average molecular weight is 361 g/mol. The molecule has 0 bridgehead atoms. The topological polar surface area (TPSA) is 246 Å². The first kappa shape index (κ1) is 32.1. The minimum Gasteiger partial charge on any atom is -0.724 e. The Kier molecular flexibility index (Phi) is 29.0. The van der Waals surface area contributed by atoms with Gasteiger partial charge in [-0.05, 0) is 6.08 Å². The fraction of sp³-hybridized carbons (Fsp3) is 0. The van der Waals surface area contributed by atoms with E-state index in [1.54, 1.807) is 0 Å². The fourth-order valence-electron chi connectivity index (χ4n) is 0. The van der Waals surface area contributed by atoms with Crippen LogP contribution in [0.3, 0.4) is 0 Å². The van der Waals surface area contributed by atoms with Gasteiger partial charge in [-0.1, -0.05) is 0 Å². The van der Waals surface area contributed by atoms with Crippen LogP contribution in [0.1, 0.15) is 0 Å². The first-order valence-corrected chi connectivity index (χ1v) is 4.89. The van der Waals surface area contributed by atoms with Gasteiger partial charge < -0.3 is 25.8 Å². The minimum absolute atomic E-state index is 0. The van der Waals surface area contributed by atoms with Crippen LogP contribution in [0.2, 0.25) is 0 Å². The second-order valence-electron chi connectivity index (χ2n) is 1.78. The summed E-state index contributed by atoms with van der Waals surface area (Å²) in [6.45, 7) is 0. The van der Waals surface area contributed by atoms with Crippen molar-refractivity contribution in [1.29, 1.82) is 0 Å². The molecule has 0 fully saturated rings. The molecule has 0 aromatic carbocycles. The average Bonchev–Trinajstić information content (AvgIpc) is 2.16. The molecule has 0 saturated heterocycles. The molecule has 6 N–H and O–H groups in total. The Labute approximate surface area is 156 Å². The third-order valence-electron chi connectivity index (χ3n) is 0.366. The molecule has 0 aliphatic carbocycles. The van der Waals surface area contributed by atoms with Gasteiger partial charge in [0.25, 0.3) is 0 Å². The van der Waals surface area contributed by atoms with Crippen LogP contribution >= 0.6 is 7.91 Å². The van der Waals surface area contributed by atoms with Gasteiger partial charge in [-0.3, -0.25) is 14.6 Å². The summed E-state index contributed by atoms with van der Waals surface area (Å²) >= 11 is 0. The van der Waals surface area contributed by atoms with Crippen LogP contribution in [0.4, 0.5) is 4.20 Å². The summed E-state index contributed by atoms with van der Waals surface area (Å²) < 4.78 is 19.0. The van der Waals surface area contributed by atoms with Gasteiger partial charge in [0.15, 0.2) is 0 Å². The van der Waals surface area contributed by atoms with Gasteiger partial charge in [-0.2, -0.15) is 0 Å². The molecule has 0 amide bonds. The van der Waals surface area contributed by atoms with E-state index in [1.807, 2.05) is 0 Å².